The largest absolute Gasteiger partial charge is 0.627 e. The molecule has 6 N–H and O–H groups in total. The average Bonchev–Trinajstić information content (AvgIpc) is 1.49. The highest BCUT2D eigenvalue weighted by Gasteiger charge is 2.54. The Bertz CT molecular complexity index is 3480. The second kappa shape index (κ2) is 56.6. The summed E-state index contributed by atoms with van der Waals surface area (Å²) in [5.74, 6) is -4.32. The molecule has 3 atom stereocenters. The Morgan fingerprint density at radius 3 is 1.25 bits per heavy atom. The quantitative estimate of drug-likeness (QED) is 0.0132. The van der Waals surface area contributed by atoms with Gasteiger partial charge in [0.1, 0.15) is 55.6 Å². The third kappa shape index (κ3) is 35.0. The molecule has 118 heavy (non-hydrogen) atoms. The van der Waals surface area contributed by atoms with Crippen LogP contribution >= 0.6 is 0 Å². The first kappa shape index (κ1) is 97.2. The minimum atomic E-state index is -1.38. The smallest absolute Gasteiger partial charge is 0.340 e. The van der Waals surface area contributed by atoms with E-state index in [0.29, 0.717) is 91.7 Å². The summed E-state index contributed by atoms with van der Waals surface area (Å²) < 4.78 is 57.2. The molecule has 30 nitrogen and oxygen atoms in total. The van der Waals surface area contributed by atoms with Gasteiger partial charge in [-0.15, -0.1) is 0 Å². The van der Waals surface area contributed by atoms with Crippen LogP contribution in [0.4, 0.5) is 11.4 Å². The number of nitrogens with one attached hydrogen (secondary N) is 4. The second-order valence-electron chi connectivity index (χ2n) is 30.9. The molecule has 2 saturated heterocycles. The molecule has 0 saturated carbocycles. The average molecular weight is 1660 g/mol. The van der Waals surface area contributed by atoms with Gasteiger partial charge in [-0.25, -0.2) is 4.79 Å². The molecule has 7 rings (SSSR count). The Hall–Kier alpha value is -7.91. The van der Waals surface area contributed by atoms with Crippen molar-refractivity contribution in [3.05, 3.63) is 88.1 Å². The number of piperazine rings is 2. The first-order valence-electron chi connectivity index (χ1n) is 43.8. The van der Waals surface area contributed by atoms with Crippen molar-refractivity contribution in [2.45, 2.75) is 224 Å². The van der Waals surface area contributed by atoms with Crippen LogP contribution in [0.5, 0.6) is 11.5 Å². The molecule has 0 radical (unpaired) electrons. The van der Waals surface area contributed by atoms with Gasteiger partial charge in [-0.3, -0.25) is 38.4 Å². The number of benzene rings is 3. The summed E-state index contributed by atoms with van der Waals surface area (Å²) in [7, 11) is 0. The van der Waals surface area contributed by atoms with E-state index in [9.17, 15) is 58.6 Å². The molecular weight excluding hydrogens is 1520 g/mol. The summed E-state index contributed by atoms with van der Waals surface area (Å²) in [6.45, 7) is 10.1. The Morgan fingerprint density at radius 1 is 0.449 bits per heavy atom. The number of nitrogens with zero attached hydrogens (tertiary/aromatic N) is 4. The number of fused-ring (bicyclic) bond motifs is 6. The maximum Gasteiger partial charge on any atom is 0.340 e. The third-order valence-electron chi connectivity index (χ3n) is 21.8. The van der Waals surface area contributed by atoms with Crippen molar-refractivity contribution in [1.82, 2.24) is 35.7 Å². The number of carbonyl (C=O) groups is 9. The number of carboxylic acids is 2. The van der Waals surface area contributed by atoms with E-state index in [1.807, 2.05) is 30.3 Å². The zero-order valence-corrected chi connectivity index (χ0v) is 70.4. The van der Waals surface area contributed by atoms with Gasteiger partial charge in [0, 0.05) is 92.7 Å². The molecule has 0 bridgehead atoms. The van der Waals surface area contributed by atoms with Gasteiger partial charge < -0.3 is 103 Å². The van der Waals surface area contributed by atoms with Crippen molar-refractivity contribution in [2.75, 3.05) is 176 Å². The topological polar surface area (TPSA) is 367 Å². The highest BCUT2D eigenvalue weighted by molar-refractivity contribution is 5.97. The molecular formula is C88H136N8O22. The van der Waals surface area contributed by atoms with E-state index < -0.39 is 64.9 Å². The summed E-state index contributed by atoms with van der Waals surface area (Å²) in [4.78, 5) is 120. The van der Waals surface area contributed by atoms with Crippen LogP contribution in [-0.2, 0) is 86.6 Å². The van der Waals surface area contributed by atoms with Crippen LogP contribution in [0.1, 0.15) is 234 Å². The number of aliphatic carboxylic acids is 2. The molecule has 4 aliphatic heterocycles. The molecule has 4 heterocycles. The lowest BCUT2D eigenvalue weighted by atomic mass is 9.77. The van der Waals surface area contributed by atoms with Crippen LogP contribution in [0, 0.1) is 5.21 Å². The second-order valence-corrected chi connectivity index (χ2v) is 30.9. The van der Waals surface area contributed by atoms with Crippen molar-refractivity contribution < 1.29 is 101 Å². The molecule has 1 spiro atoms. The van der Waals surface area contributed by atoms with Gasteiger partial charge in [-0.05, 0) is 37.1 Å². The molecule has 4 aliphatic rings. The van der Waals surface area contributed by atoms with Gasteiger partial charge in [-0.2, -0.15) is 0 Å². The van der Waals surface area contributed by atoms with Crippen molar-refractivity contribution >= 4 is 64.7 Å². The minimum absolute atomic E-state index is 0.0701. The van der Waals surface area contributed by atoms with Gasteiger partial charge >= 0.3 is 17.9 Å². The van der Waals surface area contributed by atoms with E-state index in [1.165, 1.54) is 116 Å². The fourth-order valence-corrected chi connectivity index (χ4v) is 15.1. The summed E-state index contributed by atoms with van der Waals surface area (Å²) >= 11 is 0. The van der Waals surface area contributed by atoms with E-state index in [-0.39, 0.29) is 168 Å². The number of esters is 1. The Morgan fingerprint density at radius 2 is 0.822 bits per heavy atom. The number of carbonyl (C=O) groups excluding carboxylic acids is 7. The summed E-state index contributed by atoms with van der Waals surface area (Å²) in [6.07, 6.45) is 30.2. The fraction of sp³-hybridized carbons (Fsp3) is 0.693. The van der Waals surface area contributed by atoms with Gasteiger partial charge in [0.15, 0.2) is 5.60 Å². The Labute approximate surface area is 697 Å². The zero-order valence-electron chi connectivity index (χ0n) is 70.4. The number of quaternary nitrogens is 1. The Kier molecular flexibility index (Phi) is 46.6. The van der Waals surface area contributed by atoms with Gasteiger partial charge in [-0.1, -0.05) is 186 Å². The molecule has 0 aliphatic carbocycles. The number of hydrogen-bond acceptors (Lipinski definition) is 21. The van der Waals surface area contributed by atoms with Crippen molar-refractivity contribution in [3.63, 3.8) is 0 Å². The van der Waals surface area contributed by atoms with Crippen LogP contribution in [0.3, 0.4) is 0 Å². The van der Waals surface area contributed by atoms with Crippen LogP contribution in [0.15, 0.2) is 60.7 Å². The monoisotopic (exact) mass is 1660 g/mol. The predicted octanol–water partition coefficient (Wildman–Crippen LogP) is 10.8. The first-order valence-corrected chi connectivity index (χ1v) is 43.8. The number of hydroxylamine groups is 2. The van der Waals surface area contributed by atoms with Crippen LogP contribution in [0.2, 0.25) is 0 Å². The number of ether oxygens (including phenoxy) is 10. The lowest BCUT2D eigenvalue weighted by Crippen LogP contribution is -2.58. The molecule has 30 heteroatoms. The lowest BCUT2D eigenvalue weighted by Gasteiger charge is -2.48. The van der Waals surface area contributed by atoms with E-state index >= 15 is 0 Å². The maximum atomic E-state index is 14.7. The number of hydrogen-bond donors (Lipinski definition) is 6. The summed E-state index contributed by atoms with van der Waals surface area (Å²) in [6, 6.07) is 15.9. The Balaban J connectivity index is 0.714. The van der Waals surface area contributed by atoms with Crippen LogP contribution < -0.4 is 35.6 Å². The van der Waals surface area contributed by atoms with Crippen molar-refractivity contribution in [3.8, 4) is 11.5 Å². The van der Waals surface area contributed by atoms with Gasteiger partial charge in [0.2, 0.25) is 35.4 Å². The molecule has 3 aromatic rings. The molecule has 6 amide bonds. The molecule has 3 aromatic carbocycles. The van der Waals surface area contributed by atoms with Crippen molar-refractivity contribution in [1.29, 1.82) is 0 Å². The SMILES string of the molecule is CCCCCCCCCCCCCCCC(=O)N[C@@H](CC(=O)O)C(=O)NCCOCCOCCOCCOCC(=O)N1CCN(c2ccc3c(c2)Oc2cc([N+]4([O-])CCN(C(=O)COCCOCCOCCOCCNC(=O)[C@H](CC(=O)O)NC(=O)CCCCCCCCCCCCCCC)CC4)ccc2C32OC(=O)c3ccccc32)CC1. The highest BCUT2D eigenvalue weighted by Crippen LogP contribution is 2.57. The van der Waals surface area contributed by atoms with Crippen LogP contribution in [-0.4, -0.2) is 257 Å². The minimum Gasteiger partial charge on any atom is -0.627 e. The van der Waals surface area contributed by atoms with E-state index in [2.05, 4.69) is 40.0 Å². The number of amides is 6. The number of rotatable bonds is 66. The van der Waals surface area contributed by atoms with E-state index in [4.69, 9.17) is 47.4 Å². The summed E-state index contributed by atoms with van der Waals surface area (Å²) in [5.41, 5.74) is 2.12. The predicted molar refractivity (Wildman–Crippen MR) is 447 cm³/mol. The number of anilines is 1. The summed E-state index contributed by atoms with van der Waals surface area (Å²) in [5, 5.41) is 43.9. The number of carboxylic acid groups (broad SMARTS) is 2. The van der Waals surface area contributed by atoms with Gasteiger partial charge in [0.25, 0.3) is 0 Å². The number of unbranched alkanes of at least 4 members (excludes halogenated alkanes) is 24. The lowest BCUT2D eigenvalue weighted by molar-refractivity contribution is -0.141. The molecule has 0 aromatic heterocycles. The standard InChI is InChI=1S/C88H136N8O22/c1-3-5-7-9-11-13-15-17-19-21-23-25-27-33-79(97)91-75(65-83(101)102)85(105)89-39-49-109-51-53-111-55-57-113-59-61-115-67-81(99)94-43-41-93(42-44-94)69-35-37-73-77(63-69)117-78-64-70(36-38-74(78)88(73)72-32-30-29-31-71(72)87(107)118-88)96(108)47-45-95(46-48-96)82(100)68-116-62-60-114-58-56-112-54-52-110-50-40-90-86(106)76(66-84(103)104)92-80(98)34-28-26-24-22-20-18-16-14-12-10-8-6-4-2/h29-32,35-38,63-64,75-76H,3-28,33-34,39-62,65-68H2,1-2H3,(H,89,105)(H,90,106)(H,91,97)(H,92,98)(H,101,102)(H,103,104)/t75-,76-,88?/m0/s1. The maximum absolute atomic E-state index is 14.7. The molecule has 2 fully saturated rings. The fourth-order valence-electron chi connectivity index (χ4n) is 15.1. The third-order valence-corrected chi connectivity index (χ3v) is 21.8. The van der Waals surface area contributed by atoms with E-state index in [1.54, 1.807) is 40.1 Å². The highest BCUT2D eigenvalue weighted by atomic mass is 16.6. The van der Waals surface area contributed by atoms with Crippen molar-refractivity contribution in [2.24, 2.45) is 0 Å². The van der Waals surface area contributed by atoms with Crippen LogP contribution in [0.25, 0.3) is 0 Å². The first-order chi connectivity index (χ1) is 57.5. The zero-order chi connectivity index (χ0) is 84.3. The normalized spacial score (nSPS) is 15.8. The molecule has 660 valence electrons. The molecule has 1 unspecified atom stereocenters. The van der Waals surface area contributed by atoms with E-state index in [0.717, 1.165) is 44.2 Å². The van der Waals surface area contributed by atoms with Gasteiger partial charge in [0.05, 0.1) is 124 Å².